The molecule has 2 aromatic carbocycles. The summed E-state index contributed by atoms with van der Waals surface area (Å²) in [6, 6.07) is 14.3. The van der Waals surface area contributed by atoms with Crippen molar-refractivity contribution < 1.29 is 18.9 Å². The number of rotatable bonds is 6. The van der Waals surface area contributed by atoms with Crippen LogP contribution in [0.15, 0.2) is 59.4 Å². The van der Waals surface area contributed by atoms with Crippen molar-refractivity contribution in [1.82, 2.24) is 24.8 Å². The van der Waals surface area contributed by atoms with E-state index in [4.69, 9.17) is 19.8 Å². The number of hydrogen-bond acceptors (Lipinski definition) is 10. The molecule has 5 aromatic rings. The van der Waals surface area contributed by atoms with Crippen LogP contribution in [-0.2, 0) is 6.54 Å². The first-order valence-electron chi connectivity index (χ1n) is 12.0. The first kappa shape index (κ1) is 23.3. The van der Waals surface area contributed by atoms with Gasteiger partial charge in [0.15, 0.2) is 17.3 Å². The second-order valence-electron chi connectivity index (χ2n) is 8.73. The molecule has 4 heterocycles. The molecule has 0 aliphatic carbocycles. The van der Waals surface area contributed by atoms with Crippen LogP contribution in [0.1, 0.15) is 17.3 Å². The van der Waals surface area contributed by atoms with Gasteiger partial charge < -0.3 is 30.0 Å². The van der Waals surface area contributed by atoms with Gasteiger partial charge in [-0.05, 0) is 47.6 Å². The van der Waals surface area contributed by atoms with Crippen LogP contribution in [0.4, 0.5) is 17.2 Å². The lowest BCUT2D eigenvalue weighted by molar-refractivity contribution is 0.102. The molecule has 0 radical (unpaired) electrons. The summed E-state index contributed by atoms with van der Waals surface area (Å²) in [6.07, 6.45) is 1.62. The number of fused-ring (bicyclic) bond motifs is 2. The SMILES string of the molecule is CCn1c(-c2nonc2N)nc2cnc(Oc3cccc(NC(=O)c4ccc5c(c4)OCCN5C)c3)cc21. The van der Waals surface area contributed by atoms with Crippen LogP contribution in [0.25, 0.3) is 22.6 Å². The van der Waals surface area contributed by atoms with Crippen molar-refractivity contribution in [2.45, 2.75) is 13.5 Å². The summed E-state index contributed by atoms with van der Waals surface area (Å²) in [5.74, 6) is 2.02. The maximum atomic E-state index is 12.9. The number of aromatic nitrogens is 5. The van der Waals surface area contributed by atoms with Crippen LogP contribution in [0.3, 0.4) is 0 Å². The van der Waals surface area contributed by atoms with E-state index in [1.165, 1.54) is 0 Å². The third-order valence-electron chi connectivity index (χ3n) is 6.28. The fourth-order valence-electron chi connectivity index (χ4n) is 4.38. The van der Waals surface area contributed by atoms with E-state index in [-0.39, 0.29) is 11.7 Å². The number of ether oxygens (including phenoxy) is 2. The largest absolute Gasteiger partial charge is 0.490 e. The number of benzene rings is 2. The molecule has 1 amide bonds. The van der Waals surface area contributed by atoms with Gasteiger partial charge in [0, 0.05) is 37.0 Å². The summed E-state index contributed by atoms with van der Waals surface area (Å²) in [7, 11) is 2.00. The van der Waals surface area contributed by atoms with Gasteiger partial charge in [0.25, 0.3) is 5.91 Å². The average molecular weight is 513 g/mol. The van der Waals surface area contributed by atoms with Crippen LogP contribution >= 0.6 is 0 Å². The third-order valence-corrected chi connectivity index (χ3v) is 6.28. The van der Waals surface area contributed by atoms with Gasteiger partial charge in [-0.15, -0.1) is 0 Å². The molecule has 1 aliphatic rings. The molecule has 0 saturated carbocycles. The van der Waals surface area contributed by atoms with Crippen molar-refractivity contribution in [3.05, 3.63) is 60.3 Å². The molecule has 0 saturated heterocycles. The van der Waals surface area contributed by atoms with E-state index < -0.39 is 0 Å². The Labute approximate surface area is 217 Å². The Morgan fingerprint density at radius 2 is 2.08 bits per heavy atom. The highest BCUT2D eigenvalue weighted by atomic mass is 16.6. The zero-order valence-corrected chi connectivity index (χ0v) is 20.7. The van der Waals surface area contributed by atoms with Crippen LogP contribution in [0.2, 0.25) is 0 Å². The number of aryl methyl sites for hydroxylation is 1. The number of carbonyl (C=O) groups excluding carboxylic acids is 1. The summed E-state index contributed by atoms with van der Waals surface area (Å²) in [5.41, 5.74) is 9.73. The van der Waals surface area contributed by atoms with Gasteiger partial charge in [0.05, 0.1) is 23.9 Å². The number of anilines is 3. The van der Waals surface area contributed by atoms with E-state index in [0.29, 0.717) is 58.8 Å². The van der Waals surface area contributed by atoms with Crippen LogP contribution in [0, 0.1) is 0 Å². The van der Waals surface area contributed by atoms with Gasteiger partial charge in [0.1, 0.15) is 23.6 Å². The number of imidazole rings is 1. The third kappa shape index (κ3) is 4.21. The van der Waals surface area contributed by atoms with E-state index >= 15 is 0 Å². The first-order chi connectivity index (χ1) is 18.5. The maximum Gasteiger partial charge on any atom is 0.255 e. The summed E-state index contributed by atoms with van der Waals surface area (Å²) < 4.78 is 18.4. The number of nitrogens with two attached hydrogens (primary N) is 1. The van der Waals surface area contributed by atoms with Gasteiger partial charge in [-0.3, -0.25) is 4.79 Å². The number of carbonyl (C=O) groups is 1. The molecule has 12 heteroatoms. The number of amides is 1. The molecular formula is C26H24N8O4. The van der Waals surface area contributed by atoms with Crippen LogP contribution < -0.4 is 25.4 Å². The molecule has 0 fully saturated rings. The molecule has 0 spiro atoms. The number of nitrogen functional groups attached to an aromatic ring is 1. The summed E-state index contributed by atoms with van der Waals surface area (Å²) in [4.78, 5) is 24.0. The zero-order valence-electron chi connectivity index (χ0n) is 20.7. The molecule has 6 rings (SSSR count). The Morgan fingerprint density at radius 3 is 2.89 bits per heavy atom. The fourth-order valence-corrected chi connectivity index (χ4v) is 4.38. The first-order valence-corrected chi connectivity index (χ1v) is 12.0. The van der Waals surface area contributed by atoms with Crippen molar-refractivity contribution in [1.29, 1.82) is 0 Å². The predicted molar refractivity (Wildman–Crippen MR) is 141 cm³/mol. The maximum absolute atomic E-state index is 12.9. The monoisotopic (exact) mass is 512 g/mol. The molecule has 3 aromatic heterocycles. The fraction of sp³-hybridized carbons (Fsp3) is 0.192. The predicted octanol–water partition coefficient (Wildman–Crippen LogP) is 3.96. The number of nitrogens with zero attached hydrogens (tertiary/aromatic N) is 6. The van der Waals surface area contributed by atoms with E-state index in [2.05, 4.69) is 30.5 Å². The molecule has 0 unspecified atom stereocenters. The lowest BCUT2D eigenvalue weighted by Gasteiger charge is -2.27. The van der Waals surface area contributed by atoms with E-state index in [0.717, 1.165) is 17.7 Å². The van der Waals surface area contributed by atoms with Crippen molar-refractivity contribution >= 4 is 34.1 Å². The normalized spacial score (nSPS) is 12.7. The highest BCUT2D eigenvalue weighted by Crippen LogP contribution is 2.32. The molecular weight excluding hydrogens is 488 g/mol. The van der Waals surface area contributed by atoms with Crippen molar-refractivity contribution in [3.8, 4) is 28.9 Å². The summed E-state index contributed by atoms with van der Waals surface area (Å²) in [6.45, 7) is 3.98. The number of likely N-dealkylation sites (N-methyl/N-ethyl adjacent to an activating group) is 1. The summed E-state index contributed by atoms with van der Waals surface area (Å²) in [5, 5.41) is 10.4. The van der Waals surface area contributed by atoms with Crippen molar-refractivity contribution in [2.75, 3.05) is 36.1 Å². The molecule has 192 valence electrons. The Kier molecular flexibility index (Phi) is 5.75. The molecule has 0 bridgehead atoms. The van der Waals surface area contributed by atoms with Crippen molar-refractivity contribution in [2.24, 2.45) is 0 Å². The van der Waals surface area contributed by atoms with E-state index in [9.17, 15) is 4.79 Å². The number of hydrogen-bond donors (Lipinski definition) is 2. The average Bonchev–Trinajstić information content (AvgIpc) is 3.51. The van der Waals surface area contributed by atoms with E-state index in [1.54, 1.807) is 48.7 Å². The minimum atomic E-state index is -0.248. The molecule has 0 atom stereocenters. The van der Waals surface area contributed by atoms with Crippen LogP contribution in [-0.4, -0.2) is 51.0 Å². The number of nitrogens with one attached hydrogen (secondary N) is 1. The Balaban J connectivity index is 1.22. The highest BCUT2D eigenvalue weighted by Gasteiger charge is 2.20. The highest BCUT2D eigenvalue weighted by molar-refractivity contribution is 6.05. The van der Waals surface area contributed by atoms with Crippen molar-refractivity contribution in [3.63, 3.8) is 0 Å². The smallest absolute Gasteiger partial charge is 0.255 e. The number of pyridine rings is 1. The lowest BCUT2D eigenvalue weighted by Crippen LogP contribution is -2.29. The zero-order chi connectivity index (χ0) is 26.2. The van der Waals surface area contributed by atoms with E-state index in [1.807, 2.05) is 24.6 Å². The molecule has 12 nitrogen and oxygen atoms in total. The molecule has 3 N–H and O–H groups in total. The van der Waals surface area contributed by atoms with Gasteiger partial charge >= 0.3 is 0 Å². The van der Waals surface area contributed by atoms with Gasteiger partial charge in [-0.25, -0.2) is 14.6 Å². The molecule has 38 heavy (non-hydrogen) atoms. The van der Waals surface area contributed by atoms with Gasteiger partial charge in [-0.1, -0.05) is 6.07 Å². The minimum Gasteiger partial charge on any atom is -0.490 e. The Bertz CT molecular complexity index is 1660. The van der Waals surface area contributed by atoms with Gasteiger partial charge in [0.2, 0.25) is 5.88 Å². The van der Waals surface area contributed by atoms with Gasteiger partial charge in [-0.2, -0.15) is 0 Å². The Hall–Kier alpha value is -5.13. The second kappa shape index (κ2) is 9.39. The topological polar surface area (TPSA) is 146 Å². The Morgan fingerprint density at radius 1 is 1.18 bits per heavy atom. The quantitative estimate of drug-likeness (QED) is 0.343. The minimum absolute atomic E-state index is 0.161. The standard InChI is InChI=1S/C26H24N8O4/c1-3-34-20-13-22(28-14-18(20)30-25(34)23-24(27)32-38-31-23)37-17-6-4-5-16(12-17)29-26(35)15-7-8-19-21(11-15)36-10-9-33(19)2/h4-8,11-14H,3,9-10H2,1-2H3,(H2,27,32)(H,29,35). The lowest BCUT2D eigenvalue weighted by atomic mass is 10.1. The summed E-state index contributed by atoms with van der Waals surface area (Å²) >= 11 is 0. The van der Waals surface area contributed by atoms with Crippen LogP contribution in [0.5, 0.6) is 17.4 Å². The second-order valence-corrected chi connectivity index (χ2v) is 8.73. The molecule has 1 aliphatic heterocycles.